The molecule has 0 aliphatic rings. The fourth-order valence-electron chi connectivity index (χ4n) is 0.487. The van der Waals surface area contributed by atoms with Gasteiger partial charge in [0.05, 0.1) is 0 Å². The molecule has 0 atom stereocenters. The summed E-state index contributed by atoms with van der Waals surface area (Å²) >= 11 is 0. The first-order valence-corrected chi connectivity index (χ1v) is 6.61. The molecule has 0 heterocycles. The molecule has 0 fully saturated rings. The van der Waals surface area contributed by atoms with Crippen LogP contribution < -0.4 is 0 Å². The minimum Gasteiger partial charge on any atom is -0.191 e. The maximum Gasteiger partial charge on any atom is 0.472 e. The molecular formula is C4F10O5S2. The largest absolute Gasteiger partial charge is 0.472 e. The van der Waals surface area contributed by atoms with Crippen molar-refractivity contribution in [2.24, 2.45) is 0 Å². The summed E-state index contributed by atoms with van der Waals surface area (Å²) in [4.78, 5) is 0. The highest BCUT2D eigenvalue weighted by molar-refractivity contribution is 8.00. The van der Waals surface area contributed by atoms with Crippen LogP contribution in [0.25, 0.3) is 0 Å². The standard InChI is InChI=1S/C4F10O5S2/c5-1(6,7)3(11,12)20(15,16)19-21(17,18)4(13,14)2(8,9)10. The molecule has 0 saturated carbocycles. The summed E-state index contributed by atoms with van der Waals surface area (Å²) in [5.74, 6) is 0. The second kappa shape index (κ2) is 4.83. The Kier molecular flexibility index (Phi) is 4.64. The lowest BCUT2D eigenvalue weighted by Gasteiger charge is -2.22. The highest BCUT2D eigenvalue weighted by Crippen LogP contribution is 2.45. The van der Waals surface area contributed by atoms with Crippen LogP contribution in [0, 0.1) is 0 Å². The summed E-state index contributed by atoms with van der Waals surface area (Å²) in [5.41, 5.74) is 0. The highest BCUT2D eigenvalue weighted by Gasteiger charge is 2.74. The highest BCUT2D eigenvalue weighted by atomic mass is 32.3. The topological polar surface area (TPSA) is 77.5 Å². The summed E-state index contributed by atoms with van der Waals surface area (Å²) < 4.78 is 162. The van der Waals surface area contributed by atoms with Crippen molar-refractivity contribution in [2.45, 2.75) is 22.9 Å². The summed E-state index contributed by atoms with van der Waals surface area (Å²) in [6, 6.07) is 0. The summed E-state index contributed by atoms with van der Waals surface area (Å²) in [6.45, 7) is 0. The molecule has 128 valence electrons. The summed E-state index contributed by atoms with van der Waals surface area (Å²) in [6.07, 6.45) is -14.1. The maximum absolute atomic E-state index is 12.3. The van der Waals surface area contributed by atoms with Crippen molar-refractivity contribution in [3.8, 4) is 0 Å². The Labute approximate surface area is 108 Å². The van der Waals surface area contributed by atoms with E-state index in [1.165, 1.54) is 0 Å². The first-order chi connectivity index (χ1) is 8.71. The summed E-state index contributed by atoms with van der Waals surface area (Å²) in [5, 5.41) is -14.1. The zero-order valence-electron chi connectivity index (χ0n) is 8.64. The van der Waals surface area contributed by atoms with Crippen molar-refractivity contribution in [1.29, 1.82) is 0 Å². The van der Waals surface area contributed by atoms with Crippen molar-refractivity contribution < 1.29 is 64.4 Å². The zero-order chi connectivity index (χ0) is 17.7. The fourth-order valence-corrected chi connectivity index (χ4v) is 2.68. The molecule has 0 N–H and O–H groups in total. The van der Waals surface area contributed by atoms with Gasteiger partial charge in [0.1, 0.15) is 0 Å². The predicted molar refractivity (Wildman–Crippen MR) is 40.9 cm³/mol. The van der Waals surface area contributed by atoms with Crippen molar-refractivity contribution >= 4 is 20.2 Å². The number of hydrogen-bond acceptors (Lipinski definition) is 5. The monoisotopic (exact) mass is 382 g/mol. The van der Waals surface area contributed by atoms with Crippen molar-refractivity contribution in [2.75, 3.05) is 0 Å². The lowest BCUT2D eigenvalue weighted by Crippen LogP contribution is -2.50. The molecule has 0 unspecified atom stereocenters. The predicted octanol–water partition coefficient (Wildman–Crippen LogP) is 1.97. The van der Waals surface area contributed by atoms with Gasteiger partial charge in [0.15, 0.2) is 0 Å². The van der Waals surface area contributed by atoms with Gasteiger partial charge in [-0.1, -0.05) is 0 Å². The van der Waals surface area contributed by atoms with Crippen LogP contribution in [0.4, 0.5) is 43.9 Å². The van der Waals surface area contributed by atoms with E-state index in [0.29, 0.717) is 0 Å². The van der Waals surface area contributed by atoms with Crippen LogP contribution in [-0.4, -0.2) is 39.7 Å². The molecule has 0 amide bonds. The van der Waals surface area contributed by atoms with Crippen LogP contribution in [0.1, 0.15) is 0 Å². The second-order valence-corrected chi connectivity index (χ2v) is 6.39. The van der Waals surface area contributed by atoms with Gasteiger partial charge >= 0.3 is 43.1 Å². The number of rotatable bonds is 4. The normalized spacial score (nSPS) is 16.1. The molecular weight excluding hydrogens is 382 g/mol. The SMILES string of the molecule is O=S(=O)(OS(=O)(=O)C(F)(F)C(F)(F)F)C(F)(F)C(F)(F)F. The smallest absolute Gasteiger partial charge is 0.191 e. The van der Waals surface area contributed by atoms with Gasteiger partial charge in [-0.05, 0) is 0 Å². The van der Waals surface area contributed by atoms with Gasteiger partial charge in [-0.25, -0.2) is 0 Å². The molecule has 0 rings (SSSR count). The van der Waals surface area contributed by atoms with Crippen LogP contribution in [0.3, 0.4) is 0 Å². The lowest BCUT2D eigenvalue weighted by molar-refractivity contribution is -0.246. The lowest BCUT2D eigenvalue weighted by atomic mass is 10.7. The van der Waals surface area contributed by atoms with Crippen LogP contribution in [0.15, 0.2) is 0 Å². The third kappa shape index (κ3) is 3.33. The molecule has 0 aromatic carbocycles. The molecule has 17 heteroatoms. The average Bonchev–Trinajstić information content (AvgIpc) is 2.11. The third-order valence-corrected chi connectivity index (χ3v) is 4.62. The van der Waals surface area contributed by atoms with Crippen LogP contribution in [-0.2, 0) is 23.9 Å². The number of hydrogen-bond donors (Lipinski definition) is 0. The minimum atomic E-state index is -7.74. The second-order valence-electron chi connectivity index (χ2n) is 3.01. The molecule has 0 aromatic heterocycles. The molecule has 21 heavy (non-hydrogen) atoms. The van der Waals surface area contributed by atoms with Gasteiger partial charge in [0, 0.05) is 0 Å². The van der Waals surface area contributed by atoms with Crippen LogP contribution in [0.2, 0.25) is 0 Å². The molecule has 0 spiro atoms. The van der Waals surface area contributed by atoms with E-state index in [4.69, 9.17) is 0 Å². The quantitative estimate of drug-likeness (QED) is 0.695. The Balaban J connectivity index is 5.91. The maximum atomic E-state index is 12.3. The van der Waals surface area contributed by atoms with E-state index in [2.05, 4.69) is 0 Å². The average molecular weight is 382 g/mol. The van der Waals surface area contributed by atoms with Gasteiger partial charge < -0.3 is 0 Å². The van der Waals surface area contributed by atoms with Gasteiger partial charge in [0.2, 0.25) is 0 Å². The molecule has 0 aliphatic heterocycles. The molecule has 5 nitrogen and oxygen atoms in total. The fraction of sp³-hybridized carbons (Fsp3) is 1.00. The Bertz CT molecular complexity index is 540. The minimum absolute atomic E-state index is 1.81. The zero-order valence-corrected chi connectivity index (χ0v) is 10.3. The van der Waals surface area contributed by atoms with Gasteiger partial charge in [-0.3, -0.25) is 0 Å². The van der Waals surface area contributed by atoms with E-state index < -0.39 is 43.1 Å². The Morgan fingerprint density at radius 3 is 0.857 bits per heavy atom. The van der Waals surface area contributed by atoms with E-state index in [9.17, 15) is 60.7 Å². The first-order valence-electron chi connectivity index (χ1n) is 3.80. The first kappa shape index (κ1) is 20.2. The Hall–Kier alpha value is -0.840. The molecule has 0 saturated heterocycles. The molecule has 0 bridgehead atoms. The van der Waals surface area contributed by atoms with E-state index in [1.807, 2.05) is 3.63 Å². The van der Waals surface area contributed by atoms with Gasteiger partial charge in [-0.2, -0.15) is 60.7 Å². The van der Waals surface area contributed by atoms with Crippen LogP contribution >= 0.6 is 0 Å². The Morgan fingerprint density at radius 2 is 0.714 bits per heavy atom. The van der Waals surface area contributed by atoms with E-state index >= 15 is 0 Å². The molecule has 0 aromatic rings. The summed E-state index contributed by atoms with van der Waals surface area (Å²) in [7, 11) is -15.5. The molecule has 0 radical (unpaired) electrons. The van der Waals surface area contributed by atoms with Crippen molar-refractivity contribution in [1.82, 2.24) is 0 Å². The number of halogens is 10. The van der Waals surface area contributed by atoms with E-state index in [-0.39, 0.29) is 0 Å². The van der Waals surface area contributed by atoms with Gasteiger partial charge in [0.25, 0.3) is 0 Å². The van der Waals surface area contributed by atoms with E-state index in [0.717, 1.165) is 0 Å². The third-order valence-electron chi connectivity index (χ3n) is 1.47. The molecule has 0 aliphatic carbocycles. The number of alkyl halides is 10. The van der Waals surface area contributed by atoms with Crippen molar-refractivity contribution in [3.63, 3.8) is 0 Å². The van der Waals surface area contributed by atoms with Crippen LogP contribution in [0.5, 0.6) is 0 Å². The Morgan fingerprint density at radius 1 is 0.524 bits per heavy atom. The van der Waals surface area contributed by atoms with Crippen molar-refractivity contribution in [3.05, 3.63) is 0 Å². The van der Waals surface area contributed by atoms with Gasteiger partial charge in [-0.15, -0.1) is 3.63 Å². The van der Waals surface area contributed by atoms with E-state index in [1.54, 1.807) is 0 Å².